The van der Waals surface area contributed by atoms with Gasteiger partial charge in [-0.1, -0.05) is 13.3 Å². The Kier molecular flexibility index (Phi) is 4.68. The van der Waals surface area contributed by atoms with Crippen molar-refractivity contribution in [3.05, 3.63) is 17.6 Å². The summed E-state index contributed by atoms with van der Waals surface area (Å²) < 4.78 is 5.28. The summed E-state index contributed by atoms with van der Waals surface area (Å²) in [6.07, 6.45) is 4.28. The summed E-state index contributed by atoms with van der Waals surface area (Å²) in [5.41, 5.74) is 0.169. The first kappa shape index (κ1) is 13.7. The molecule has 2 heterocycles. The molecule has 19 heavy (non-hydrogen) atoms. The highest BCUT2D eigenvalue weighted by molar-refractivity contribution is 5.92. The third-order valence-electron chi connectivity index (χ3n) is 3.11. The first-order chi connectivity index (χ1) is 9.22. The molecule has 0 spiro atoms. The molecule has 1 saturated heterocycles. The molecule has 1 aliphatic heterocycles. The van der Waals surface area contributed by atoms with E-state index < -0.39 is 5.97 Å². The average molecular weight is 265 g/mol. The fourth-order valence-electron chi connectivity index (χ4n) is 2.03. The number of hydrogen-bond donors (Lipinski definition) is 1. The molecule has 1 aliphatic rings. The van der Waals surface area contributed by atoms with Gasteiger partial charge in [-0.05, 0) is 6.42 Å². The molecule has 0 aliphatic carbocycles. The highest BCUT2D eigenvalue weighted by Gasteiger charge is 2.21. The molecule has 6 heteroatoms. The van der Waals surface area contributed by atoms with Crippen molar-refractivity contribution < 1.29 is 14.6 Å². The summed E-state index contributed by atoms with van der Waals surface area (Å²) in [4.78, 5) is 21.8. The Morgan fingerprint density at radius 3 is 2.84 bits per heavy atom. The van der Waals surface area contributed by atoms with Gasteiger partial charge in [-0.2, -0.15) is 0 Å². The van der Waals surface area contributed by atoms with Crippen molar-refractivity contribution in [1.29, 1.82) is 0 Å². The average Bonchev–Trinajstić information content (AvgIpc) is 2.45. The van der Waals surface area contributed by atoms with Gasteiger partial charge in [0.25, 0.3) is 0 Å². The molecule has 6 nitrogen and oxygen atoms in total. The number of aryl methyl sites for hydroxylation is 1. The van der Waals surface area contributed by atoms with Gasteiger partial charge in [-0.25, -0.2) is 14.8 Å². The second kappa shape index (κ2) is 6.47. The van der Waals surface area contributed by atoms with Crippen LogP contribution in [-0.2, 0) is 11.2 Å². The van der Waals surface area contributed by atoms with Crippen LogP contribution in [0.1, 0.15) is 35.9 Å². The summed E-state index contributed by atoms with van der Waals surface area (Å²) in [6.45, 7) is 4.66. The van der Waals surface area contributed by atoms with E-state index in [-0.39, 0.29) is 5.56 Å². The minimum Gasteiger partial charge on any atom is -0.477 e. The van der Waals surface area contributed by atoms with Crippen molar-refractivity contribution >= 4 is 11.8 Å². The normalized spacial score (nSPS) is 15.5. The molecule has 0 amide bonds. The largest absolute Gasteiger partial charge is 0.477 e. The highest BCUT2D eigenvalue weighted by atomic mass is 16.5. The van der Waals surface area contributed by atoms with Crippen LogP contribution in [0.4, 0.5) is 5.82 Å². The maximum absolute atomic E-state index is 11.3. The van der Waals surface area contributed by atoms with Gasteiger partial charge in [0, 0.05) is 25.7 Å². The number of morpholine rings is 1. The number of ether oxygens (including phenoxy) is 1. The summed E-state index contributed by atoms with van der Waals surface area (Å²) in [7, 11) is 0. The first-order valence-corrected chi connectivity index (χ1v) is 6.64. The van der Waals surface area contributed by atoms with Gasteiger partial charge in [0.05, 0.1) is 13.2 Å². The summed E-state index contributed by atoms with van der Waals surface area (Å²) in [6, 6.07) is 0. The van der Waals surface area contributed by atoms with Crippen LogP contribution in [0.2, 0.25) is 0 Å². The molecule has 104 valence electrons. The summed E-state index contributed by atoms with van der Waals surface area (Å²) >= 11 is 0. The fourth-order valence-corrected chi connectivity index (χ4v) is 2.03. The number of carboxylic acid groups (broad SMARTS) is 1. The second-order valence-electron chi connectivity index (χ2n) is 4.53. The molecule has 1 aromatic rings. The van der Waals surface area contributed by atoms with Crippen LogP contribution in [0.3, 0.4) is 0 Å². The molecule has 0 bridgehead atoms. The number of nitrogens with zero attached hydrogens (tertiary/aromatic N) is 3. The second-order valence-corrected chi connectivity index (χ2v) is 4.53. The van der Waals surface area contributed by atoms with Crippen LogP contribution >= 0.6 is 0 Å². The van der Waals surface area contributed by atoms with E-state index in [9.17, 15) is 9.90 Å². The SMILES string of the molecule is CCCCc1ncc(C(=O)O)c(N2CCOCC2)n1. The summed E-state index contributed by atoms with van der Waals surface area (Å²) in [5, 5.41) is 9.23. The van der Waals surface area contributed by atoms with Crippen LogP contribution in [-0.4, -0.2) is 47.3 Å². The minimum atomic E-state index is -0.983. The molecule has 0 radical (unpaired) electrons. The van der Waals surface area contributed by atoms with Crippen LogP contribution in [0, 0.1) is 0 Å². The van der Waals surface area contributed by atoms with E-state index in [1.165, 1.54) is 6.20 Å². The maximum atomic E-state index is 11.3. The zero-order valence-electron chi connectivity index (χ0n) is 11.1. The highest BCUT2D eigenvalue weighted by Crippen LogP contribution is 2.19. The predicted molar refractivity (Wildman–Crippen MR) is 70.6 cm³/mol. The molecule has 0 atom stereocenters. The quantitative estimate of drug-likeness (QED) is 0.866. The predicted octanol–water partition coefficient (Wildman–Crippen LogP) is 1.35. The molecule has 0 saturated carbocycles. The van der Waals surface area contributed by atoms with E-state index in [1.54, 1.807) is 0 Å². The molecular weight excluding hydrogens is 246 g/mol. The monoisotopic (exact) mass is 265 g/mol. The van der Waals surface area contributed by atoms with Crippen molar-refractivity contribution in [1.82, 2.24) is 9.97 Å². The van der Waals surface area contributed by atoms with Crippen molar-refractivity contribution in [2.24, 2.45) is 0 Å². The van der Waals surface area contributed by atoms with Crippen LogP contribution in [0.5, 0.6) is 0 Å². The zero-order valence-corrected chi connectivity index (χ0v) is 11.1. The number of carbonyl (C=O) groups is 1. The number of carboxylic acids is 1. The van der Waals surface area contributed by atoms with Gasteiger partial charge >= 0.3 is 5.97 Å². The van der Waals surface area contributed by atoms with Crippen molar-refractivity contribution in [2.45, 2.75) is 26.2 Å². The van der Waals surface area contributed by atoms with Gasteiger partial charge in [-0.3, -0.25) is 0 Å². The lowest BCUT2D eigenvalue weighted by atomic mass is 10.2. The van der Waals surface area contributed by atoms with Gasteiger partial charge in [-0.15, -0.1) is 0 Å². The summed E-state index contributed by atoms with van der Waals surface area (Å²) in [5.74, 6) is 0.258. The van der Waals surface area contributed by atoms with E-state index in [2.05, 4.69) is 16.9 Å². The number of rotatable bonds is 5. The van der Waals surface area contributed by atoms with Crippen LogP contribution in [0.25, 0.3) is 0 Å². The van der Waals surface area contributed by atoms with E-state index in [0.717, 1.165) is 19.3 Å². The number of unbranched alkanes of at least 4 members (excludes halogenated alkanes) is 1. The smallest absolute Gasteiger partial charge is 0.341 e. The van der Waals surface area contributed by atoms with E-state index in [0.29, 0.717) is 37.9 Å². The lowest BCUT2D eigenvalue weighted by Crippen LogP contribution is -2.38. The fraction of sp³-hybridized carbons (Fsp3) is 0.615. The van der Waals surface area contributed by atoms with Crippen LogP contribution < -0.4 is 4.90 Å². The van der Waals surface area contributed by atoms with Gasteiger partial charge in [0.1, 0.15) is 17.2 Å². The van der Waals surface area contributed by atoms with Gasteiger partial charge in [0.2, 0.25) is 0 Å². The van der Waals surface area contributed by atoms with E-state index in [1.807, 2.05) is 4.90 Å². The number of aromatic carboxylic acids is 1. The van der Waals surface area contributed by atoms with Gasteiger partial charge in [0.15, 0.2) is 0 Å². The molecule has 1 fully saturated rings. The van der Waals surface area contributed by atoms with Crippen molar-refractivity contribution in [2.75, 3.05) is 31.2 Å². The molecular formula is C13H19N3O3. The standard InChI is InChI=1S/C13H19N3O3/c1-2-3-4-11-14-9-10(13(17)18)12(15-11)16-5-7-19-8-6-16/h9H,2-8H2,1H3,(H,17,18). The van der Waals surface area contributed by atoms with Gasteiger partial charge < -0.3 is 14.7 Å². The molecule has 0 aromatic carbocycles. The first-order valence-electron chi connectivity index (χ1n) is 6.64. The van der Waals surface area contributed by atoms with Crippen molar-refractivity contribution in [3.8, 4) is 0 Å². The minimum absolute atomic E-state index is 0.169. The molecule has 2 rings (SSSR count). The zero-order chi connectivity index (χ0) is 13.7. The molecule has 1 aromatic heterocycles. The molecule has 0 unspecified atom stereocenters. The lowest BCUT2D eigenvalue weighted by Gasteiger charge is -2.28. The van der Waals surface area contributed by atoms with Crippen LogP contribution in [0.15, 0.2) is 6.20 Å². The Balaban J connectivity index is 2.27. The third kappa shape index (κ3) is 3.41. The number of anilines is 1. The topological polar surface area (TPSA) is 75.5 Å². The lowest BCUT2D eigenvalue weighted by molar-refractivity contribution is 0.0695. The van der Waals surface area contributed by atoms with Crippen molar-refractivity contribution in [3.63, 3.8) is 0 Å². The van der Waals surface area contributed by atoms with E-state index >= 15 is 0 Å². The Hall–Kier alpha value is -1.69. The Morgan fingerprint density at radius 1 is 1.47 bits per heavy atom. The molecule has 1 N–H and O–H groups in total. The Morgan fingerprint density at radius 2 is 2.21 bits per heavy atom. The maximum Gasteiger partial charge on any atom is 0.341 e. The Bertz CT molecular complexity index is 445. The number of aromatic nitrogens is 2. The number of hydrogen-bond acceptors (Lipinski definition) is 5. The third-order valence-corrected chi connectivity index (χ3v) is 3.11. The van der Waals surface area contributed by atoms with E-state index in [4.69, 9.17) is 4.74 Å². The Labute approximate surface area is 112 Å².